The fraction of sp³-hybridized carbons (Fsp3) is 0.435. The number of methoxy groups -OCH3 is 1. The third-order valence-electron chi connectivity index (χ3n) is 4.30. The highest BCUT2D eigenvalue weighted by atomic mass is 19.1. The van der Waals surface area contributed by atoms with Gasteiger partial charge in [-0.1, -0.05) is 60.7 Å². The number of hydrogen-bond acceptors (Lipinski definition) is 6. The van der Waals surface area contributed by atoms with Crippen molar-refractivity contribution in [3.63, 3.8) is 0 Å². The first-order valence-electron chi connectivity index (χ1n) is 9.98. The second-order valence-corrected chi connectivity index (χ2v) is 6.58. The first-order valence-corrected chi connectivity index (χ1v) is 9.98. The van der Waals surface area contributed by atoms with Gasteiger partial charge in [-0.2, -0.15) is 0 Å². The molecule has 0 amide bonds. The molecule has 1 unspecified atom stereocenters. The summed E-state index contributed by atoms with van der Waals surface area (Å²) in [6.07, 6.45) is -1.14. The third-order valence-corrected chi connectivity index (χ3v) is 4.30. The van der Waals surface area contributed by atoms with Gasteiger partial charge in [-0.05, 0) is 11.1 Å². The maximum Gasteiger partial charge on any atom is 0.331 e. The number of benzene rings is 2. The smallest absolute Gasteiger partial charge is 0.331 e. The number of alkyl halides is 1. The van der Waals surface area contributed by atoms with E-state index in [1.54, 1.807) is 0 Å². The second-order valence-electron chi connectivity index (χ2n) is 6.58. The first-order chi connectivity index (χ1) is 14.7. The van der Waals surface area contributed by atoms with E-state index in [2.05, 4.69) is 10.1 Å². The molecule has 1 N–H and O–H groups in total. The van der Waals surface area contributed by atoms with Crippen LogP contribution in [0.4, 0.5) is 4.39 Å². The molecule has 0 fully saturated rings. The molecule has 0 saturated carbocycles. The Labute approximate surface area is 177 Å². The quantitative estimate of drug-likeness (QED) is 0.354. The topological polar surface area (TPSA) is 66.0 Å². The molecule has 0 aliphatic rings. The average molecular weight is 419 g/mol. The molecule has 2 aromatic carbocycles. The van der Waals surface area contributed by atoms with Crippen molar-refractivity contribution >= 4 is 5.97 Å². The van der Waals surface area contributed by atoms with Crippen LogP contribution in [-0.2, 0) is 23.7 Å². The highest BCUT2D eigenvalue weighted by Crippen LogP contribution is 2.21. The predicted molar refractivity (Wildman–Crippen MR) is 112 cm³/mol. The van der Waals surface area contributed by atoms with Crippen LogP contribution in [0.1, 0.15) is 17.2 Å². The van der Waals surface area contributed by atoms with Crippen LogP contribution in [0.5, 0.6) is 0 Å². The maximum absolute atomic E-state index is 14.3. The van der Waals surface area contributed by atoms with Crippen molar-refractivity contribution in [3.05, 3.63) is 71.8 Å². The van der Waals surface area contributed by atoms with E-state index in [0.29, 0.717) is 13.2 Å². The molecule has 6 nitrogen and oxygen atoms in total. The van der Waals surface area contributed by atoms with Gasteiger partial charge in [0.05, 0.1) is 46.2 Å². The zero-order valence-electron chi connectivity index (χ0n) is 17.3. The Morgan fingerprint density at radius 2 is 1.40 bits per heavy atom. The van der Waals surface area contributed by atoms with Crippen LogP contribution in [0.15, 0.2) is 60.7 Å². The summed E-state index contributed by atoms with van der Waals surface area (Å²) in [5.41, 5.74) is 2.17. The minimum atomic E-state index is -1.14. The van der Waals surface area contributed by atoms with Crippen LogP contribution >= 0.6 is 0 Å². The van der Waals surface area contributed by atoms with E-state index < -0.39 is 12.1 Å². The molecule has 0 radical (unpaired) electrons. The van der Waals surface area contributed by atoms with E-state index in [9.17, 15) is 9.18 Å². The summed E-state index contributed by atoms with van der Waals surface area (Å²) < 4.78 is 34.4. The Morgan fingerprint density at radius 3 is 1.97 bits per heavy atom. The lowest BCUT2D eigenvalue weighted by Crippen LogP contribution is -2.31. The van der Waals surface area contributed by atoms with E-state index in [4.69, 9.17) is 14.2 Å². The highest BCUT2D eigenvalue weighted by molar-refractivity contribution is 5.70. The van der Waals surface area contributed by atoms with Crippen LogP contribution in [0, 0.1) is 0 Å². The van der Waals surface area contributed by atoms with Crippen LogP contribution in [0.3, 0.4) is 0 Å². The molecule has 2 aromatic rings. The Hall–Kier alpha value is -2.32. The number of hydrogen-bond donors (Lipinski definition) is 1. The average Bonchev–Trinajstić information content (AvgIpc) is 2.79. The van der Waals surface area contributed by atoms with E-state index in [1.807, 2.05) is 60.7 Å². The molecule has 0 aliphatic carbocycles. The molecule has 0 aliphatic heterocycles. The highest BCUT2D eigenvalue weighted by Gasteiger charge is 2.16. The molecule has 0 heterocycles. The van der Waals surface area contributed by atoms with Crippen molar-refractivity contribution in [1.29, 1.82) is 0 Å². The summed E-state index contributed by atoms with van der Waals surface area (Å²) in [4.78, 5) is 10.9. The number of esters is 1. The van der Waals surface area contributed by atoms with Gasteiger partial charge >= 0.3 is 5.97 Å². The Morgan fingerprint density at radius 1 is 0.867 bits per heavy atom. The molecule has 0 saturated heterocycles. The van der Waals surface area contributed by atoms with Crippen molar-refractivity contribution in [2.24, 2.45) is 0 Å². The van der Waals surface area contributed by atoms with Gasteiger partial charge in [0.1, 0.15) is 12.8 Å². The zero-order valence-corrected chi connectivity index (χ0v) is 17.3. The molecule has 1 atom stereocenters. The van der Waals surface area contributed by atoms with Crippen LogP contribution in [-0.4, -0.2) is 65.4 Å². The maximum atomic E-state index is 14.3. The van der Waals surface area contributed by atoms with E-state index in [-0.39, 0.29) is 39.0 Å². The fourth-order valence-corrected chi connectivity index (χ4v) is 2.79. The second kappa shape index (κ2) is 14.6. The lowest BCUT2D eigenvalue weighted by molar-refractivity contribution is -0.146. The summed E-state index contributed by atoms with van der Waals surface area (Å²) in [6.45, 7) is 1.31. The lowest BCUT2D eigenvalue weighted by Gasteiger charge is -2.21. The van der Waals surface area contributed by atoms with Crippen molar-refractivity contribution in [2.75, 3.05) is 53.3 Å². The van der Waals surface area contributed by atoms with Crippen LogP contribution in [0.25, 0.3) is 0 Å². The van der Waals surface area contributed by atoms with Crippen LogP contribution < -0.4 is 5.32 Å². The van der Waals surface area contributed by atoms with E-state index >= 15 is 0 Å². The predicted octanol–water partition coefficient (Wildman–Crippen LogP) is 2.93. The first kappa shape index (κ1) is 24.0. The standard InChI is InChI=1S/C23H30FNO5/c1-27-22(26)18-30-15-13-28-12-14-29-17-21(24)16-25-23(19-8-4-2-5-9-19)20-10-6-3-7-11-20/h2-11,21,23,25H,12-18H2,1H3. The van der Waals surface area contributed by atoms with Gasteiger partial charge in [-0.3, -0.25) is 0 Å². The number of carbonyl (C=O) groups is 1. The summed E-state index contributed by atoms with van der Waals surface area (Å²) in [6, 6.07) is 19.9. The molecule has 164 valence electrons. The van der Waals surface area contributed by atoms with Gasteiger partial charge in [0.2, 0.25) is 0 Å². The number of halogens is 1. The summed E-state index contributed by atoms with van der Waals surface area (Å²) >= 11 is 0. The van der Waals surface area contributed by atoms with Crippen molar-refractivity contribution in [3.8, 4) is 0 Å². The van der Waals surface area contributed by atoms with Gasteiger partial charge in [-0.25, -0.2) is 9.18 Å². The molecule has 0 bridgehead atoms. The Kier molecular flexibility index (Phi) is 11.7. The molecule has 2 rings (SSSR count). The normalized spacial score (nSPS) is 12.1. The number of ether oxygens (including phenoxy) is 4. The minimum absolute atomic E-state index is 0.00843. The summed E-state index contributed by atoms with van der Waals surface area (Å²) in [7, 11) is 1.30. The number of nitrogens with one attached hydrogen (secondary N) is 1. The molecule has 30 heavy (non-hydrogen) atoms. The summed E-state index contributed by atoms with van der Waals surface area (Å²) in [5.74, 6) is -0.428. The molecule has 0 aromatic heterocycles. The van der Waals surface area contributed by atoms with Crippen molar-refractivity contribution in [1.82, 2.24) is 5.32 Å². The van der Waals surface area contributed by atoms with Crippen LogP contribution in [0.2, 0.25) is 0 Å². The SMILES string of the molecule is COC(=O)COCCOCCOCC(F)CNC(c1ccccc1)c1ccccc1. The molecular weight excluding hydrogens is 389 g/mol. The van der Waals surface area contributed by atoms with Gasteiger partial charge in [0.15, 0.2) is 0 Å². The monoisotopic (exact) mass is 419 g/mol. The van der Waals surface area contributed by atoms with Gasteiger partial charge in [-0.15, -0.1) is 0 Å². The Bertz CT molecular complexity index is 662. The van der Waals surface area contributed by atoms with E-state index in [0.717, 1.165) is 11.1 Å². The number of carbonyl (C=O) groups excluding carboxylic acids is 1. The van der Waals surface area contributed by atoms with Crippen molar-refractivity contribution in [2.45, 2.75) is 12.2 Å². The number of rotatable bonds is 15. The summed E-state index contributed by atoms with van der Waals surface area (Å²) in [5, 5.41) is 3.30. The van der Waals surface area contributed by atoms with Gasteiger partial charge in [0.25, 0.3) is 0 Å². The van der Waals surface area contributed by atoms with Crippen molar-refractivity contribution < 1.29 is 28.1 Å². The minimum Gasteiger partial charge on any atom is -0.467 e. The lowest BCUT2D eigenvalue weighted by atomic mass is 9.98. The molecule has 7 heteroatoms. The molecule has 0 spiro atoms. The largest absolute Gasteiger partial charge is 0.467 e. The fourth-order valence-electron chi connectivity index (χ4n) is 2.79. The van der Waals surface area contributed by atoms with Gasteiger partial charge in [0, 0.05) is 6.54 Å². The van der Waals surface area contributed by atoms with Gasteiger partial charge < -0.3 is 24.3 Å². The Balaban J connectivity index is 1.62. The molecular formula is C23H30FNO5. The zero-order chi connectivity index (χ0) is 21.4. The van der Waals surface area contributed by atoms with E-state index in [1.165, 1.54) is 7.11 Å². The third kappa shape index (κ3) is 9.45.